The molecule has 1 N–H and O–H groups in total. The van der Waals surface area contributed by atoms with Crippen molar-refractivity contribution in [2.45, 2.75) is 44.8 Å². The summed E-state index contributed by atoms with van der Waals surface area (Å²) in [6.45, 7) is 2.92. The van der Waals surface area contributed by atoms with E-state index in [1.807, 2.05) is 35.2 Å². The zero-order valence-corrected chi connectivity index (χ0v) is 12.0. The minimum Gasteiger partial charge on any atom is -0.480 e. The molecule has 4 nitrogen and oxygen atoms in total. The maximum atomic E-state index is 11.2. The number of para-hydroxylation sites is 1. The van der Waals surface area contributed by atoms with E-state index in [0.29, 0.717) is 0 Å². The van der Waals surface area contributed by atoms with E-state index in [-0.39, 0.29) is 18.7 Å². The van der Waals surface area contributed by atoms with E-state index in [0.717, 1.165) is 38.0 Å². The van der Waals surface area contributed by atoms with Gasteiger partial charge in [-0.15, -0.1) is 0 Å². The summed E-state index contributed by atoms with van der Waals surface area (Å²) in [5, 5.41) is 9.17. The van der Waals surface area contributed by atoms with Crippen LogP contribution >= 0.6 is 0 Å². The van der Waals surface area contributed by atoms with Crippen LogP contribution in [0.2, 0.25) is 0 Å². The van der Waals surface area contributed by atoms with Gasteiger partial charge in [0, 0.05) is 18.3 Å². The largest absolute Gasteiger partial charge is 0.480 e. The summed E-state index contributed by atoms with van der Waals surface area (Å²) < 4.78 is 5.77. The third kappa shape index (κ3) is 3.97. The van der Waals surface area contributed by atoms with Crippen LogP contribution in [-0.2, 0) is 9.53 Å². The Morgan fingerprint density at radius 3 is 2.80 bits per heavy atom. The van der Waals surface area contributed by atoms with Gasteiger partial charge in [0.15, 0.2) is 0 Å². The summed E-state index contributed by atoms with van der Waals surface area (Å²) in [6.07, 6.45) is 4.21. The molecule has 1 aliphatic heterocycles. The Morgan fingerprint density at radius 1 is 1.40 bits per heavy atom. The van der Waals surface area contributed by atoms with Gasteiger partial charge in [-0.2, -0.15) is 0 Å². The average molecular weight is 277 g/mol. The van der Waals surface area contributed by atoms with Gasteiger partial charge in [-0.3, -0.25) is 4.79 Å². The van der Waals surface area contributed by atoms with Crippen molar-refractivity contribution < 1.29 is 14.6 Å². The Labute approximate surface area is 120 Å². The molecule has 0 saturated carbocycles. The minimum atomic E-state index is -0.785. The molecule has 1 aromatic rings. The number of carboxylic acids is 1. The van der Waals surface area contributed by atoms with Gasteiger partial charge in [0.25, 0.3) is 0 Å². The number of aliphatic carboxylic acids is 1. The molecular weight excluding hydrogens is 254 g/mol. The molecular formula is C16H23NO3. The van der Waals surface area contributed by atoms with Crippen molar-refractivity contribution in [2.75, 3.05) is 18.1 Å². The van der Waals surface area contributed by atoms with Crippen molar-refractivity contribution in [3.63, 3.8) is 0 Å². The van der Waals surface area contributed by atoms with Crippen molar-refractivity contribution in [1.82, 2.24) is 0 Å². The average Bonchev–Trinajstić information content (AvgIpc) is 2.46. The van der Waals surface area contributed by atoms with Crippen molar-refractivity contribution in [2.24, 2.45) is 0 Å². The van der Waals surface area contributed by atoms with Gasteiger partial charge in [-0.25, -0.2) is 0 Å². The van der Waals surface area contributed by atoms with Gasteiger partial charge >= 0.3 is 5.97 Å². The number of nitrogens with zero attached hydrogens (tertiary/aromatic N) is 1. The molecule has 110 valence electrons. The van der Waals surface area contributed by atoms with Crippen LogP contribution in [0.15, 0.2) is 30.3 Å². The smallest absolute Gasteiger partial charge is 0.323 e. The lowest BCUT2D eigenvalue weighted by Crippen LogP contribution is -2.45. The van der Waals surface area contributed by atoms with Crippen molar-refractivity contribution in [3.05, 3.63) is 30.3 Å². The predicted molar refractivity (Wildman–Crippen MR) is 79.1 cm³/mol. The number of benzene rings is 1. The second-order valence-electron chi connectivity index (χ2n) is 5.32. The van der Waals surface area contributed by atoms with E-state index in [1.54, 1.807) is 0 Å². The van der Waals surface area contributed by atoms with E-state index >= 15 is 0 Å². The van der Waals surface area contributed by atoms with Gasteiger partial charge in [0.05, 0.1) is 6.10 Å². The van der Waals surface area contributed by atoms with Gasteiger partial charge in [-0.1, -0.05) is 31.5 Å². The molecule has 2 atom stereocenters. The second kappa shape index (κ2) is 7.29. The number of hydrogen-bond acceptors (Lipinski definition) is 3. The standard InChI is InChI=1S/C16H23NO3/c1-2-6-15-11-14(9-10-20-15)17(12-16(18)19)13-7-4-3-5-8-13/h3-5,7-8,14-15H,2,6,9-12H2,1H3,(H,18,19). The van der Waals surface area contributed by atoms with Gasteiger partial charge in [0.2, 0.25) is 0 Å². The van der Waals surface area contributed by atoms with Crippen molar-refractivity contribution in [3.8, 4) is 0 Å². The molecule has 4 heteroatoms. The van der Waals surface area contributed by atoms with Crippen LogP contribution in [0.5, 0.6) is 0 Å². The van der Waals surface area contributed by atoms with Crippen molar-refractivity contribution >= 4 is 11.7 Å². The molecule has 0 aliphatic carbocycles. The molecule has 0 radical (unpaired) electrons. The maximum Gasteiger partial charge on any atom is 0.323 e. The van der Waals surface area contributed by atoms with E-state index in [4.69, 9.17) is 4.74 Å². The van der Waals surface area contributed by atoms with Crippen molar-refractivity contribution in [1.29, 1.82) is 0 Å². The lowest BCUT2D eigenvalue weighted by molar-refractivity contribution is -0.135. The van der Waals surface area contributed by atoms with Gasteiger partial charge in [-0.05, 0) is 31.4 Å². The summed E-state index contributed by atoms with van der Waals surface area (Å²) >= 11 is 0. The Balaban J connectivity index is 2.12. The highest BCUT2D eigenvalue weighted by Gasteiger charge is 2.28. The third-order valence-corrected chi connectivity index (χ3v) is 3.78. The topological polar surface area (TPSA) is 49.8 Å². The van der Waals surface area contributed by atoms with Crippen LogP contribution in [0.4, 0.5) is 5.69 Å². The van der Waals surface area contributed by atoms with E-state index in [1.165, 1.54) is 0 Å². The number of rotatable bonds is 6. The second-order valence-corrected chi connectivity index (χ2v) is 5.32. The van der Waals surface area contributed by atoms with Crippen LogP contribution < -0.4 is 4.90 Å². The minimum absolute atomic E-state index is 0.0491. The van der Waals surface area contributed by atoms with Gasteiger partial charge in [0.1, 0.15) is 6.54 Å². The Kier molecular flexibility index (Phi) is 5.41. The first kappa shape index (κ1) is 14.9. The first-order chi connectivity index (χ1) is 9.70. The van der Waals surface area contributed by atoms with E-state index in [2.05, 4.69) is 6.92 Å². The number of anilines is 1. The first-order valence-corrected chi connectivity index (χ1v) is 7.35. The molecule has 2 unspecified atom stereocenters. The summed E-state index contributed by atoms with van der Waals surface area (Å²) in [4.78, 5) is 13.2. The fourth-order valence-corrected chi connectivity index (χ4v) is 2.86. The predicted octanol–water partition coefficient (Wildman–Crippen LogP) is 2.93. The van der Waals surface area contributed by atoms with E-state index < -0.39 is 5.97 Å². The van der Waals surface area contributed by atoms with Crippen LogP contribution in [0.25, 0.3) is 0 Å². The lowest BCUT2D eigenvalue weighted by Gasteiger charge is -2.38. The monoisotopic (exact) mass is 277 g/mol. The molecule has 1 aromatic carbocycles. The molecule has 1 fully saturated rings. The Hall–Kier alpha value is -1.55. The summed E-state index contributed by atoms with van der Waals surface area (Å²) in [5.74, 6) is -0.785. The summed E-state index contributed by atoms with van der Waals surface area (Å²) in [6, 6.07) is 10.1. The molecule has 1 heterocycles. The third-order valence-electron chi connectivity index (χ3n) is 3.78. The molecule has 1 aliphatic rings. The number of ether oxygens (including phenoxy) is 1. The SMILES string of the molecule is CCCC1CC(N(CC(=O)O)c2ccccc2)CCO1. The molecule has 2 rings (SSSR count). The fraction of sp³-hybridized carbons (Fsp3) is 0.562. The quantitative estimate of drug-likeness (QED) is 0.868. The van der Waals surface area contributed by atoms with Crippen LogP contribution in [-0.4, -0.2) is 36.4 Å². The van der Waals surface area contributed by atoms with E-state index in [9.17, 15) is 9.90 Å². The Bertz CT molecular complexity index is 419. The highest BCUT2D eigenvalue weighted by atomic mass is 16.5. The molecule has 0 amide bonds. The number of carboxylic acid groups (broad SMARTS) is 1. The molecule has 20 heavy (non-hydrogen) atoms. The highest BCUT2D eigenvalue weighted by Crippen LogP contribution is 2.26. The normalized spacial score (nSPS) is 22.4. The molecule has 0 spiro atoms. The fourth-order valence-electron chi connectivity index (χ4n) is 2.86. The van der Waals surface area contributed by atoms with Crippen LogP contribution in [0.1, 0.15) is 32.6 Å². The number of hydrogen-bond donors (Lipinski definition) is 1. The number of carbonyl (C=O) groups is 1. The zero-order chi connectivity index (χ0) is 14.4. The highest BCUT2D eigenvalue weighted by molar-refractivity contribution is 5.74. The summed E-state index contributed by atoms with van der Waals surface area (Å²) in [5.41, 5.74) is 0.983. The van der Waals surface area contributed by atoms with Crippen LogP contribution in [0.3, 0.4) is 0 Å². The molecule has 0 aromatic heterocycles. The Morgan fingerprint density at radius 2 is 2.15 bits per heavy atom. The zero-order valence-electron chi connectivity index (χ0n) is 12.0. The molecule has 1 saturated heterocycles. The van der Waals surface area contributed by atoms with Crippen LogP contribution in [0, 0.1) is 0 Å². The van der Waals surface area contributed by atoms with Gasteiger partial charge < -0.3 is 14.7 Å². The lowest BCUT2D eigenvalue weighted by atomic mass is 9.98. The molecule has 0 bridgehead atoms. The maximum absolute atomic E-state index is 11.2. The summed E-state index contributed by atoms with van der Waals surface area (Å²) in [7, 11) is 0. The first-order valence-electron chi connectivity index (χ1n) is 7.35.